The lowest BCUT2D eigenvalue weighted by atomic mass is 9.90. The molecule has 2 aromatic rings. The maximum atomic E-state index is 12.8. The molecule has 118 valence electrons. The van der Waals surface area contributed by atoms with E-state index in [1.54, 1.807) is 24.3 Å². The van der Waals surface area contributed by atoms with Gasteiger partial charge in [0.25, 0.3) is 0 Å². The molecule has 3 nitrogen and oxygen atoms in total. The highest BCUT2D eigenvalue weighted by Gasteiger charge is 2.45. The number of anilines is 1. The first kappa shape index (κ1) is 15.8. The maximum absolute atomic E-state index is 12.8. The van der Waals surface area contributed by atoms with Crippen molar-refractivity contribution >= 4 is 29.1 Å². The summed E-state index contributed by atoms with van der Waals surface area (Å²) in [6, 6.07) is 14.9. The molecule has 3 rings (SSSR count). The highest BCUT2D eigenvalue weighted by atomic mass is 35.5. The second-order valence-electron chi connectivity index (χ2n) is 6.07. The van der Waals surface area contributed by atoms with Crippen molar-refractivity contribution in [3.63, 3.8) is 0 Å². The van der Waals surface area contributed by atoms with Crippen LogP contribution in [-0.4, -0.2) is 11.8 Å². The number of carbonyl (C=O) groups is 2. The van der Waals surface area contributed by atoms with Gasteiger partial charge < -0.3 is 0 Å². The Morgan fingerprint density at radius 2 is 1.57 bits per heavy atom. The molecule has 0 aromatic heterocycles. The van der Waals surface area contributed by atoms with E-state index < -0.39 is 0 Å². The van der Waals surface area contributed by atoms with Crippen molar-refractivity contribution in [3.05, 3.63) is 64.7 Å². The molecule has 1 fully saturated rings. The van der Waals surface area contributed by atoms with Gasteiger partial charge in [0.15, 0.2) is 0 Å². The summed E-state index contributed by atoms with van der Waals surface area (Å²) >= 11 is 5.88. The Hall–Kier alpha value is -2.13. The lowest BCUT2D eigenvalue weighted by Gasteiger charge is -2.15. The molecule has 2 amide bonds. The van der Waals surface area contributed by atoms with Crippen molar-refractivity contribution in [2.45, 2.75) is 20.3 Å². The summed E-state index contributed by atoms with van der Waals surface area (Å²) in [5.41, 5.74) is 2.84. The average Bonchev–Trinajstić information content (AvgIpc) is 2.74. The molecule has 0 unspecified atom stereocenters. The highest BCUT2D eigenvalue weighted by Crippen LogP contribution is 2.33. The molecule has 23 heavy (non-hydrogen) atoms. The van der Waals surface area contributed by atoms with E-state index in [1.165, 1.54) is 10.5 Å². The van der Waals surface area contributed by atoms with Gasteiger partial charge >= 0.3 is 0 Å². The van der Waals surface area contributed by atoms with E-state index in [-0.39, 0.29) is 23.7 Å². The van der Waals surface area contributed by atoms with Gasteiger partial charge in [0.1, 0.15) is 0 Å². The van der Waals surface area contributed by atoms with E-state index in [0.717, 1.165) is 5.56 Å². The molecule has 2 atom stereocenters. The normalized spacial score (nSPS) is 21.1. The van der Waals surface area contributed by atoms with Crippen LogP contribution in [0.15, 0.2) is 48.5 Å². The summed E-state index contributed by atoms with van der Waals surface area (Å²) in [5.74, 6) is -0.916. The Morgan fingerprint density at radius 3 is 2.17 bits per heavy atom. The molecule has 1 heterocycles. The van der Waals surface area contributed by atoms with Gasteiger partial charge in [0.2, 0.25) is 11.8 Å². The van der Waals surface area contributed by atoms with Crippen molar-refractivity contribution in [2.75, 3.05) is 4.90 Å². The van der Waals surface area contributed by atoms with Crippen LogP contribution in [0.1, 0.15) is 18.1 Å². The third-order valence-corrected chi connectivity index (χ3v) is 4.66. The first-order valence-corrected chi connectivity index (χ1v) is 8.04. The smallest absolute Gasteiger partial charge is 0.238 e. The standard InChI is InChI=1S/C19H18ClNO2/c1-12-3-5-14(6-4-12)11-17-13(2)18(22)21(19(17)23)16-9-7-15(20)8-10-16/h3-10,13,17H,11H2,1-2H3/t13-,17-/m1/s1. The number of halogens is 1. The van der Waals surface area contributed by atoms with Crippen LogP contribution in [0.2, 0.25) is 5.02 Å². The van der Waals surface area contributed by atoms with Gasteiger partial charge in [0, 0.05) is 10.9 Å². The largest absolute Gasteiger partial charge is 0.274 e. The van der Waals surface area contributed by atoms with Gasteiger partial charge in [-0.05, 0) is 43.2 Å². The Bertz CT molecular complexity index is 737. The summed E-state index contributed by atoms with van der Waals surface area (Å²) in [7, 11) is 0. The molecule has 0 spiro atoms. The number of nitrogens with zero attached hydrogens (tertiary/aromatic N) is 1. The molecular formula is C19H18ClNO2. The Labute approximate surface area is 140 Å². The van der Waals surface area contributed by atoms with Gasteiger partial charge in [-0.3, -0.25) is 14.5 Å². The van der Waals surface area contributed by atoms with Crippen LogP contribution in [-0.2, 0) is 16.0 Å². The number of amides is 2. The third kappa shape index (κ3) is 3.02. The van der Waals surface area contributed by atoms with Crippen LogP contribution in [0.3, 0.4) is 0 Å². The Morgan fingerprint density at radius 1 is 0.957 bits per heavy atom. The zero-order valence-corrected chi connectivity index (χ0v) is 13.9. The summed E-state index contributed by atoms with van der Waals surface area (Å²) in [6.45, 7) is 3.86. The van der Waals surface area contributed by atoms with E-state index in [1.807, 2.05) is 38.1 Å². The van der Waals surface area contributed by atoms with E-state index in [2.05, 4.69) is 0 Å². The average molecular weight is 328 g/mol. The summed E-state index contributed by atoms with van der Waals surface area (Å²) in [4.78, 5) is 26.6. The number of imide groups is 1. The third-order valence-electron chi connectivity index (χ3n) is 4.41. The van der Waals surface area contributed by atoms with Gasteiger partial charge in [0.05, 0.1) is 11.6 Å². The molecule has 1 aliphatic heterocycles. The molecule has 1 saturated heterocycles. The minimum Gasteiger partial charge on any atom is -0.274 e. The highest BCUT2D eigenvalue weighted by molar-refractivity contribution is 6.30. The number of hydrogen-bond donors (Lipinski definition) is 0. The fourth-order valence-corrected chi connectivity index (χ4v) is 3.08. The predicted octanol–water partition coefficient (Wildman–Crippen LogP) is 4.02. The molecule has 0 aliphatic carbocycles. The molecule has 0 bridgehead atoms. The quantitative estimate of drug-likeness (QED) is 0.799. The first-order valence-electron chi connectivity index (χ1n) is 7.66. The van der Waals surface area contributed by atoms with Crippen molar-refractivity contribution < 1.29 is 9.59 Å². The van der Waals surface area contributed by atoms with Crippen molar-refractivity contribution in [1.29, 1.82) is 0 Å². The van der Waals surface area contributed by atoms with Crippen LogP contribution < -0.4 is 4.90 Å². The van der Waals surface area contributed by atoms with Gasteiger partial charge in [-0.1, -0.05) is 48.4 Å². The van der Waals surface area contributed by atoms with Crippen LogP contribution in [0.5, 0.6) is 0 Å². The van der Waals surface area contributed by atoms with E-state index in [9.17, 15) is 9.59 Å². The number of hydrogen-bond acceptors (Lipinski definition) is 2. The zero-order chi connectivity index (χ0) is 16.6. The topological polar surface area (TPSA) is 37.4 Å². The molecule has 2 aromatic carbocycles. The predicted molar refractivity (Wildman–Crippen MR) is 91.5 cm³/mol. The zero-order valence-electron chi connectivity index (χ0n) is 13.1. The fourth-order valence-electron chi connectivity index (χ4n) is 2.95. The van der Waals surface area contributed by atoms with Gasteiger partial charge in [-0.2, -0.15) is 0 Å². The summed E-state index contributed by atoms with van der Waals surface area (Å²) in [5, 5.41) is 0.581. The Kier molecular flexibility index (Phi) is 4.22. The monoisotopic (exact) mass is 327 g/mol. The molecule has 0 radical (unpaired) electrons. The lowest BCUT2D eigenvalue weighted by Crippen LogP contribution is -2.31. The molecule has 4 heteroatoms. The van der Waals surface area contributed by atoms with Crippen LogP contribution in [0.4, 0.5) is 5.69 Å². The van der Waals surface area contributed by atoms with Gasteiger partial charge in [-0.15, -0.1) is 0 Å². The Balaban J connectivity index is 1.85. The second kappa shape index (κ2) is 6.17. The number of aryl methyl sites for hydroxylation is 1. The molecule has 0 saturated carbocycles. The second-order valence-corrected chi connectivity index (χ2v) is 6.51. The number of carbonyl (C=O) groups excluding carboxylic acids is 2. The number of benzene rings is 2. The fraction of sp³-hybridized carbons (Fsp3) is 0.263. The molecular weight excluding hydrogens is 310 g/mol. The van der Waals surface area contributed by atoms with E-state index in [4.69, 9.17) is 11.6 Å². The first-order chi connectivity index (χ1) is 11.0. The SMILES string of the molecule is Cc1ccc(C[C@H]2C(=O)N(c3ccc(Cl)cc3)C(=O)[C@@H]2C)cc1. The molecule has 1 aliphatic rings. The van der Waals surface area contributed by atoms with Gasteiger partial charge in [-0.25, -0.2) is 0 Å². The van der Waals surface area contributed by atoms with Crippen LogP contribution in [0.25, 0.3) is 0 Å². The maximum Gasteiger partial charge on any atom is 0.238 e. The summed E-state index contributed by atoms with van der Waals surface area (Å²) in [6.07, 6.45) is 0.579. The minimum absolute atomic E-state index is 0.134. The van der Waals surface area contributed by atoms with E-state index >= 15 is 0 Å². The van der Waals surface area contributed by atoms with Crippen molar-refractivity contribution in [2.24, 2.45) is 11.8 Å². The minimum atomic E-state index is -0.320. The number of rotatable bonds is 3. The van der Waals surface area contributed by atoms with Crippen molar-refractivity contribution in [3.8, 4) is 0 Å². The molecule has 0 N–H and O–H groups in total. The van der Waals surface area contributed by atoms with Crippen molar-refractivity contribution in [1.82, 2.24) is 0 Å². The van der Waals surface area contributed by atoms with E-state index in [0.29, 0.717) is 17.1 Å². The van der Waals surface area contributed by atoms with Crippen LogP contribution >= 0.6 is 11.6 Å². The summed E-state index contributed by atoms with van der Waals surface area (Å²) < 4.78 is 0. The lowest BCUT2D eigenvalue weighted by molar-refractivity contribution is -0.122. The van der Waals surface area contributed by atoms with Crippen LogP contribution in [0, 0.1) is 18.8 Å².